The standard InChI is InChI=1S/C28H25Cl2F2N3O2/c1-27(2,3)12-17-14-35(26(37)16-7-10-23(36)34-13-16)25(19-5-4-6-21(30)24(19)32)28(17,15-33)20-9-8-18(29)11-22(20)31/h4-11,13,17,25H,12,14H2,1-3H3,(H,34,36)/t17-,25-,28-/m1/s1. The van der Waals surface area contributed by atoms with E-state index in [9.17, 15) is 14.9 Å². The maximum atomic E-state index is 15.6. The van der Waals surface area contributed by atoms with Gasteiger partial charge in [-0.05, 0) is 36.1 Å². The number of pyridine rings is 1. The van der Waals surface area contributed by atoms with E-state index in [-0.39, 0.29) is 38.7 Å². The predicted molar refractivity (Wildman–Crippen MR) is 139 cm³/mol. The van der Waals surface area contributed by atoms with E-state index in [1.165, 1.54) is 53.6 Å². The summed E-state index contributed by atoms with van der Waals surface area (Å²) in [6, 6.07) is 12.0. The van der Waals surface area contributed by atoms with Crippen LogP contribution in [0, 0.1) is 34.3 Å². The molecule has 0 saturated carbocycles. The van der Waals surface area contributed by atoms with Gasteiger partial charge in [-0.2, -0.15) is 5.26 Å². The number of halogens is 4. The van der Waals surface area contributed by atoms with Gasteiger partial charge in [0.15, 0.2) is 0 Å². The number of nitriles is 1. The molecule has 0 unspecified atom stereocenters. The van der Waals surface area contributed by atoms with Gasteiger partial charge in [-0.15, -0.1) is 0 Å². The Hall–Kier alpha value is -3.21. The van der Waals surface area contributed by atoms with E-state index in [1.807, 2.05) is 20.8 Å². The second kappa shape index (κ2) is 9.92. The quantitative estimate of drug-likeness (QED) is 0.399. The molecule has 1 saturated heterocycles. The molecule has 1 N–H and O–H groups in total. The Labute approximate surface area is 223 Å². The van der Waals surface area contributed by atoms with Crippen molar-refractivity contribution in [2.45, 2.75) is 38.6 Å². The van der Waals surface area contributed by atoms with Gasteiger partial charge in [-0.1, -0.05) is 62.2 Å². The summed E-state index contributed by atoms with van der Waals surface area (Å²) in [7, 11) is 0. The molecular formula is C28H25Cl2F2N3O2. The van der Waals surface area contributed by atoms with E-state index in [1.54, 1.807) is 0 Å². The Bertz CT molecular complexity index is 1440. The maximum Gasteiger partial charge on any atom is 0.255 e. The number of carbonyl (C=O) groups is 1. The molecule has 1 aromatic heterocycles. The van der Waals surface area contributed by atoms with E-state index in [2.05, 4.69) is 11.1 Å². The fraction of sp³-hybridized carbons (Fsp3) is 0.321. The highest BCUT2D eigenvalue weighted by molar-refractivity contribution is 6.31. The Morgan fingerprint density at radius 2 is 1.92 bits per heavy atom. The smallest absolute Gasteiger partial charge is 0.255 e. The summed E-state index contributed by atoms with van der Waals surface area (Å²) in [4.78, 5) is 29.3. The van der Waals surface area contributed by atoms with Gasteiger partial charge in [0.05, 0.1) is 22.7 Å². The number of amides is 1. The van der Waals surface area contributed by atoms with Crippen molar-refractivity contribution in [1.29, 1.82) is 5.26 Å². The first-order chi connectivity index (χ1) is 17.4. The molecule has 9 heteroatoms. The molecule has 0 spiro atoms. The number of likely N-dealkylation sites (tertiary alicyclic amines) is 1. The number of H-pyrrole nitrogens is 1. The van der Waals surface area contributed by atoms with Crippen LogP contribution in [0.5, 0.6) is 0 Å². The van der Waals surface area contributed by atoms with Crippen LogP contribution in [0.25, 0.3) is 0 Å². The molecule has 0 bridgehead atoms. The Balaban J connectivity index is 2.04. The summed E-state index contributed by atoms with van der Waals surface area (Å²) in [5.74, 6) is -2.63. The van der Waals surface area contributed by atoms with Crippen LogP contribution in [0.4, 0.5) is 8.78 Å². The number of aromatic nitrogens is 1. The van der Waals surface area contributed by atoms with E-state index in [4.69, 9.17) is 23.2 Å². The Morgan fingerprint density at radius 3 is 2.51 bits per heavy atom. The molecule has 1 aliphatic rings. The number of benzene rings is 2. The molecular weight excluding hydrogens is 519 g/mol. The lowest BCUT2D eigenvalue weighted by atomic mass is 9.63. The van der Waals surface area contributed by atoms with Gasteiger partial charge >= 0.3 is 0 Å². The molecule has 0 aliphatic carbocycles. The molecule has 1 aliphatic heterocycles. The third-order valence-electron chi connectivity index (χ3n) is 6.79. The van der Waals surface area contributed by atoms with Gasteiger partial charge in [0.1, 0.15) is 17.0 Å². The zero-order chi connectivity index (χ0) is 27.1. The van der Waals surface area contributed by atoms with Gasteiger partial charge in [0, 0.05) is 40.9 Å². The van der Waals surface area contributed by atoms with Crippen LogP contribution in [0.3, 0.4) is 0 Å². The average Bonchev–Trinajstić information content (AvgIpc) is 3.13. The minimum absolute atomic E-state index is 0.00224. The number of carbonyl (C=O) groups excluding carboxylic acids is 1. The largest absolute Gasteiger partial charge is 0.329 e. The van der Waals surface area contributed by atoms with Crippen molar-refractivity contribution in [3.05, 3.63) is 103 Å². The molecule has 1 fully saturated rings. The predicted octanol–water partition coefficient (Wildman–Crippen LogP) is 6.67. The fourth-order valence-corrected chi connectivity index (χ4v) is 5.72. The zero-order valence-electron chi connectivity index (χ0n) is 20.5. The van der Waals surface area contributed by atoms with Gasteiger partial charge in [-0.25, -0.2) is 8.78 Å². The van der Waals surface area contributed by atoms with Gasteiger partial charge in [0.25, 0.3) is 5.91 Å². The Kier molecular flexibility index (Phi) is 7.20. The fourth-order valence-electron chi connectivity index (χ4n) is 5.38. The van der Waals surface area contributed by atoms with E-state index < -0.39 is 40.5 Å². The maximum absolute atomic E-state index is 15.6. The van der Waals surface area contributed by atoms with Crippen LogP contribution < -0.4 is 5.56 Å². The molecule has 37 heavy (non-hydrogen) atoms. The zero-order valence-corrected chi connectivity index (χ0v) is 22.0. The van der Waals surface area contributed by atoms with Gasteiger partial charge in [-0.3, -0.25) is 9.59 Å². The number of aromatic amines is 1. The minimum Gasteiger partial charge on any atom is -0.329 e. The summed E-state index contributed by atoms with van der Waals surface area (Å²) >= 11 is 12.2. The first-order valence-corrected chi connectivity index (χ1v) is 12.4. The lowest BCUT2D eigenvalue weighted by Gasteiger charge is -2.38. The van der Waals surface area contributed by atoms with Crippen LogP contribution in [-0.2, 0) is 5.41 Å². The van der Waals surface area contributed by atoms with E-state index in [0.717, 1.165) is 6.07 Å². The van der Waals surface area contributed by atoms with Crippen LogP contribution in [-0.4, -0.2) is 22.3 Å². The van der Waals surface area contributed by atoms with E-state index >= 15 is 8.78 Å². The van der Waals surface area contributed by atoms with E-state index in [0.29, 0.717) is 6.42 Å². The molecule has 0 radical (unpaired) electrons. The van der Waals surface area contributed by atoms with Crippen LogP contribution >= 0.6 is 23.2 Å². The van der Waals surface area contributed by atoms with Crippen molar-refractivity contribution in [2.75, 3.05) is 6.54 Å². The first-order valence-electron chi connectivity index (χ1n) is 11.7. The Morgan fingerprint density at radius 1 is 1.19 bits per heavy atom. The number of hydrogen-bond acceptors (Lipinski definition) is 3. The molecule has 1 amide bonds. The summed E-state index contributed by atoms with van der Waals surface area (Å²) < 4.78 is 31.2. The van der Waals surface area contributed by atoms with Crippen molar-refractivity contribution in [3.63, 3.8) is 0 Å². The van der Waals surface area contributed by atoms with Crippen molar-refractivity contribution in [2.24, 2.45) is 11.3 Å². The normalized spacial score (nSPS) is 21.6. The lowest BCUT2D eigenvalue weighted by Crippen LogP contribution is -2.41. The van der Waals surface area contributed by atoms with Gasteiger partial charge in [0.2, 0.25) is 5.56 Å². The second-order valence-electron chi connectivity index (χ2n) is 10.5. The number of nitrogens with one attached hydrogen (secondary N) is 1. The second-order valence-corrected chi connectivity index (χ2v) is 11.4. The summed E-state index contributed by atoms with van der Waals surface area (Å²) in [6.45, 7) is 5.99. The van der Waals surface area contributed by atoms with Crippen molar-refractivity contribution < 1.29 is 13.6 Å². The van der Waals surface area contributed by atoms with Crippen molar-refractivity contribution in [1.82, 2.24) is 9.88 Å². The topological polar surface area (TPSA) is 77.0 Å². The van der Waals surface area contributed by atoms with Crippen molar-refractivity contribution >= 4 is 29.1 Å². The molecule has 4 rings (SSSR count). The van der Waals surface area contributed by atoms with Crippen LogP contribution in [0.1, 0.15) is 54.7 Å². The third-order valence-corrected chi connectivity index (χ3v) is 7.32. The van der Waals surface area contributed by atoms with Crippen molar-refractivity contribution in [3.8, 4) is 6.07 Å². The SMILES string of the molecule is CC(C)(C)C[C@@H]1CN(C(=O)c2ccc(=O)[nH]c2)[C@H](c2cccc(Cl)c2F)[C@@]1(C#N)c1ccc(Cl)cc1F. The summed E-state index contributed by atoms with van der Waals surface area (Å²) in [6.07, 6.45) is 1.70. The lowest BCUT2D eigenvalue weighted by molar-refractivity contribution is 0.0712. The minimum atomic E-state index is -1.68. The van der Waals surface area contributed by atoms with Crippen LogP contribution in [0.2, 0.25) is 10.0 Å². The molecule has 2 aromatic carbocycles. The highest BCUT2D eigenvalue weighted by Gasteiger charge is 2.60. The molecule has 3 aromatic rings. The summed E-state index contributed by atoms with van der Waals surface area (Å²) in [5, 5.41) is 10.8. The average molecular weight is 544 g/mol. The highest BCUT2D eigenvalue weighted by atomic mass is 35.5. The monoisotopic (exact) mass is 543 g/mol. The third kappa shape index (κ3) is 4.88. The first kappa shape index (κ1) is 26.8. The number of rotatable bonds is 4. The highest BCUT2D eigenvalue weighted by Crippen LogP contribution is 2.56. The van der Waals surface area contributed by atoms with Crippen LogP contribution in [0.15, 0.2) is 59.5 Å². The number of nitrogens with zero attached hydrogens (tertiary/aromatic N) is 2. The molecule has 3 atom stereocenters. The number of hydrogen-bond donors (Lipinski definition) is 1. The summed E-state index contributed by atoms with van der Waals surface area (Å²) in [5.41, 5.74) is -2.22. The molecule has 2 heterocycles. The molecule has 192 valence electrons. The molecule has 5 nitrogen and oxygen atoms in total. The van der Waals surface area contributed by atoms with Gasteiger partial charge < -0.3 is 9.88 Å².